The van der Waals surface area contributed by atoms with Gasteiger partial charge in [-0.15, -0.1) is 13.2 Å². The van der Waals surface area contributed by atoms with Crippen LogP contribution in [0.1, 0.15) is 18.4 Å². The quantitative estimate of drug-likeness (QED) is 0.729. The molecule has 0 amide bonds. The fourth-order valence-corrected chi connectivity index (χ4v) is 4.44. The summed E-state index contributed by atoms with van der Waals surface area (Å²) in [5.74, 6) is -0.230. The molecule has 0 saturated carbocycles. The standard InChI is InChI=1S/C20H23F3N2O3S/c21-20(22,23)28-18-6-8-19(9-7-18)29(26,27)24-14-16-10-12-25(13-11-16)15-17-4-2-1-3-5-17/h1-9,16,24H,10-15H2. The van der Waals surface area contributed by atoms with Crippen LogP contribution in [-0.2, 0) is 16.6 Å². The molecule has 0 atom stereocenters. The summed E-state index contributed by atoms with van der Waals surface area (Å²) in [6.07, 6.45) is -3.05. The number of likely N-dealkylation sites (tertiary alicyclic amines) is 1. The van der Waals surface area contributed by atoms with Crippen molar-refractivity contribution in [2.75, 3.05) is 19.6 Å². The van der Waals surface area contributed by atoms with Crippen LogP contribution in [0.5, 0.6) is 5.75 Å². The summed E-state index contributed by atoms with van der Waals surface area (Å²) < 4.78 is 67.7. The van der Waals surface area contributed by atoms with Crippen LogP contribution in [0.15, 0.2) is 59.5 Å². The van der Waals surface area contributed by atoms with Crippen molar-refractivity contribution in [2.24, 2.45) is 5.92 Å². The molecule has 0 unspecified atom stereocenters. The second-order valence-corrected chi connectivity index (χ2v) is 8.84. The molecule has 0 aliphatic carbocycles. The Bertz CT molecular complexity index is 879. The first kappa shape index (κ1) is 21.6. The van der Waals surface area contributed by atoms with Gasteiger partial charge in [-0.1, -0.05) is 30.3 Å². The van der Waals surface area contributed by atoms with Crippen molar-refractivity contribution in [1.29, 1.82) is 0 Å². The number of ether oxygens (including phenoxy) is 1. The Morgan fingerprint density at radius 2 is 1.62 bits per heavy atom. The Morgan fingerprint density at radius 3 is 2.21 bits per heavy atom. The number of hydrogen-bond acceptors (Lipinski definition) is 4. The van der Waals surface area contributed by atoms with Gasteiger partial charge in [0.1, 0.15) is 5.75 Å². The normalized spacial score (nSPS) is 16.7. The molecular formula is C20H23F3N2O3S. The first-order chi connectivity index (χ1) is 13.7. The van der Waals surface area contributed by atoms with E-state index in [4.69, 9.17) is 0 Å². The van der Waals surface area contributed by atoms with Gasteiger partial charge in [0.05, 0.1) is 4.90 Å². The van der Waals surface area contributed by atoms with Crippen LogP contribution in [0.25, 0.3) is 0 Å². The zero-order chi connectivity index (χ0) is 20.9. The third-order valence-corrected chi connectivity index (χ3v) is 6.33. The van der Waals surface area contributed by atoms with E-state index in [1.165, 1.54) is 5.56 Å². The zero-order valence-electron chi connectivity index (χ0n) is 15.7. The fourth-order valence-electron chi connectivity index (χ4n) is 3.32. The molecule has 9 heteroatoms. The third kappa shape index (κ3) is 6.73. The van der Waals surface area contributed by atoms with Gasteiger partial charge >= 0.3 is 6.36 Å². The maximum Gasteiger partial charge on any atom is 0.573 e. The molecule has 3 rings (SSSR count). The summed E-state index contributed by atoms with van der Waals surface area (Å²) in [4.78, 5) is 2.26. The fraction of sp³-hybridized carbons (Fsp3) is 0.400. The first-order valence-electron chi connectivity index (χ1n) is 9.33. The molecule has 0 aromatic heterocycles. The number of halogens is 3. The predicted octanol–water partition coefficient (Wildman–Crippen LogP) is 3.78. The molecule has 0 radical (unpaired) electrons. The topological polar surface area (TPSA) is 58.6 Å². The number of nitrogens with zero attached hydrogens (tertiary/aromatic N) is 1. The number of nitrogens with one attached hydrogen (secondary N) is 1. The van der Waals surface area contributed by atoms with Crippen LogP contribution < -0.4 is 9.46 Å². The van der Waals surface area contributed by atoms with Gasteiger partial charge in [-0.3, -0.25) is 4.90 Å². The highest BCUT2D eigenvalue weighted by Gasteiger charge is 2.31. The highest BCUT2D eigenvalue weighted by atomic mass is 32.2. The summed E-state index contributed by atoms with van der Waals surface area (Å²) in [5.41, 5.74) is 1.25. The van der Waals surface area contributed by atoms with Gasteiger partial charge in [-0.05, 0) is 61.7 Å². The van der Waals surface area contributed by atoms with Gasteiger partial charge in [0.15, 0.2) is 0 Å². The lowest BCUT2D eigenvalue weighted by Crippen LogP contribution is -2.38. The first-order valence-corrected chi connectivity index (χ1v) is 10.8. The number of rotatable bonds is 7. The van der Waals surface area contributed by atoms with Crippen molar-refractivity contribution in [3.63, 3.8) is 0 Å². The molecule has 1 saturated heterocycles. The van der Waals surface area contributed by atoms with E-state index in [1.807, 2.05) is 18.2 Å². The van der Waals surface area contributed by atoms with Crippen LogP contribution in [0.2, 0.25) is 0 Å². The van der Waals surface area contributed by atoms with Gasteiger partial charge in [-0.2, -0.15) is 0 Å². The molecule has 2 aromatic carbocycles. The molecule has 1 fully saturated rings. The van der Waals surface area contributed by atoms with Crippen LogP contribution in [-0.4, -0.2) is 39.3 Å². The zero-order valence-corrected chi connectivity index (χ0v) is 16.5. The maximum atomic E-state index is 12.4. The second-order valence-electron chi connectivity index (χ2n) is 7.08. The van der Waals surface area contributed by atoms with Gasteiger partial charge in [0.2, 0.25) is 10.0 Å². The average Bonchev–Trinajstić information content (AvgIpc) is 2.67. The summed E-state index contributed by atoms with van der Waals surface area (Å²) in [5, 5.41) is 0. The van der Waals surface area contributed by atoms with E-state index in [1.54, 1.807) is 0 Å². The Hall–Kier alpha value is -2.10. The third-order valence-electron chi connectivity index (χ3n) is 4.89. The molecular weight excluding hydrogens is 405 g/mol. The Labute approximate surface area is 168 Å². The Morgan fingerprint density at radius 1 is 1.00 bits per heavy atom. The Kier molecular flexibility index (Phi) is 6.81. The molecule has 1 heterocycles. The minimum Gasteiger partial charge on any atom is -0.406 e. The lowest BCUT2D eigenvalue weighted by atomic mass is 9.97. The number of piperidine rings is 1. The van der Waals surface area contributed by atoms with Crippen molar-refractivity contribution >= 4 is 10.0 Å². The average molecular weight is 428 g/mol. The van der Waals surface area contributed by atoms with Gasteiger partial charge < -0.3 is 4.74 Å². The monoisotopic (exact) mass is 428 g/mol. The highest BCUT2D eigenvalue weighted by molar-refractivity contribution is 7.89. The van der Waals surface area contributed by atoms with Crippen LogP contribution >= 0.6 is 0 Å². The Balaban J connectivity index is 1.47. The van der Waals surface area contributed by atoms with E-state index in [9.17, 15) is 21.6 Å². The second kappa shape index (κ2) is 9.15. The summed E-state index contributed by atoms with van der Waals surface area (Å²) in [6, 6.07) is 14.4. The predicted molar refractivity (Wildman–Crippen MR) is 103 cm³/mol. The van der Waals surface area contributed by atoms with E-state index in [0.717, 1.165) is 56.7 Å². The van der Waals surface area contributed by atoms with Crippen molar-refractivity contribution in [3.05, 3.63) is 60.2 Å². The van der Waals surface area contributed by atoms with Crippen molar-refractivity contribution in [2.45, 2.75) is 30.6 Å². The SMILES string of the molecule is O=S(=O)(NCC1CCN(Cc2ccccc2)CC1)c1ccc(OC(F)(F)F)cc1. The molecule has 29 heavy (non-hydrogen) atoms. The minimum atomic E-state index is -4.81. The van der Waals surface area contributed by atoms with Crippen molar-refractivity contribution < 1.29 is 26.3 Å². The summed E-state index contributed by atoms with van der Waals surface area (Å²) >= 11 is 0. The van der Waals surface area contributed by atoms with Crippen molar-refractivity contribution in [3.8, 4) is 5.75 Å². The van der Waals surface area contributed by atoms with Crippen molar-refractivity contribution in [1.82, 2.24) is 9.62 Å². The number of benzene rings is 2. The van der Waals surface area contributed by atoms with E-state index < -0.39 is 22.1 Å². The van der Waals surface area contributed by atoms with E-state index >= 15 is 0 Å². The van der Waals surface area contributed by atoms with Gasteiger partial charge in [-0.25, -0.2) is 13.1 Å². The molecule has 158 valence electrons. The van der Waals surface area contributed by atoms with Crippen LogP contribution in [0, 0.1) is 5.92 Å². The molecule has 1 N–H and O–H groups in total. The van der Waals surface area contributed by atoms with E-state index in [2.05, 4.69) is 26.5 Å². The number of hydrogen-bond donors (Lipinski definition) is 1. The minimum absolute atomic E-state index is 0.0893. The molecule has 2 aromatic rings. The number of sulfonamides is 1. The van der Waals surface area contributed by atoms with Crippen LogP contribution in [0.3, 0.4) is 0 Å². The van der Waals surface area contributed by atoms with E-state index in [0.29, 0.717) is 6.54 Å². The largest absolute Gasteiger partial charge is 0.573 e. The van der Waals surface area contributed by atoms with Gasteiger partial charge in [0, 0.05) is 13.1 Å². The smallest absolute Gasteiger partial charge is 0.406 e. The summed E-state index contributed by atoms with van der Waals surface area (Å²) in [7, 11) is -3.78. The lowest BCUT2D eigenvalue weighted by Gasteiger charge is -2.32. The lowest BCUT2D eigenvalue weighted by molar-refractivity contribution is -0.274. The molecule has 1 aliphatic rings. The highest BCUT2D eigenvalue weighted by Crippen LogP contribution is 2.24. The van der Waals surface area contributed by atoms with Crippen LogP contribution in [0.4, 0.5) is 13.2 Å². The summed E-state index contributed by atoms with van der Waals surface area (Å²) in [6.45, 7) is 2.98. The molecule has 0 spiro atoms. The maximum absolute atomic E-state index is 12.4. The van der Waals surface area contributed by atoms with E-state index in [-0.39, 0.29) is 10.8 Å². The number of alkyl halides is 3. The molecule has 5 nitrogen and oxygen atoms in total. The van der Waals surface area contributed by atoms with Gasteiger partial charge in [0.25, 0.3) is 0 Å². The molecule has 0 bridgehead atoms. The molecule has 1 aliphatic heterocycles.